The van der Waals surface area contributed by atoms with Crippen molar-refractivity contribution in [3.8, 4) is 34.3 Å². The summed E-state index contributed by atoms with van der Waals surface area (Å²) < 4.78 is 50.9. The second-order valence-corrected chi connectivity index (χ2v) is 12.0. The number of hydrogen-bond acceptors (Lipinski definition) is 9. The molecule has 38 heavy (non-hydrogen) atoms. The van der Waals surface area contributed by atoms with E-state index in [9.17, 15) is 12.8 Å². The highest BCUT2D eigenvalue weighted by atomic mass is 32.2. The summed E-state index contributed by atoms with van der Waals surface area (Å²) in [6.45, 7) is 6.99. The Balaban J connectivity index is 1.37. The van der Waals surface area contributed by atoms with Crippen molar-refractivity contribution >= 4 is 9.84 Å². The first kappa shape index (κ1) is 26.1. The molecule has 9 nitrogen and oxygen atoms in total. The van der Waals surface area contributed by atoms with Crippen LogP contribution in [0.4, 0.5) is 4.39 Å². The van der Waals surface area contributed by atoms with E-state index in [1.165, 1.54) is 6.07 Å². The van der Waals surface area contributed by atoms with E-state index in [-0.39, 0.29) is 28.3 Å². The Morgan fingerprint density at radius 2 is 1.87 bits per heavy atom. The van der Waals surface area contributed by atoms with Gasteiger partial charge in [-0.25, -0.2) is 17.8 Å². The summed E-state index contributed by atoms with van der Waals surface area (Å²) >= 11 is 0. The second kappa shape index (κ2) is 10.7. The van der Waals surface area contributed by atoms with Crippen LogP contribution in [0.5, 0.6) is 0 Å². The first-order chi connectivity index (χ1) is 18.2. The van der Waals surface area contributed by atoms with Crippen LogP contribution in [0.1, 0.15) is 31.5 Å². The predicted molar refractivity (Wildman–Crippen MR) is 139 cm³/mol. The molecule has 5 rings (SSSR count). The standard InChI is InChI=1S/C27H28FN5O4S/c1-16(2)38(34,35)21-7-5-19(6-8-21)24-14-29-17(3)25(31-24)27-33-32-26(37-27)22-9-4-18(12-23(22)28)13-30-20-10-11-36-15-20/h4-9,12,14,16,20,30H,10-11,13,15H2,1-3H3. The molecule has 1 atom stereocenters. The van der Waals surface area contributed by atoms with Crippen molar-refractivity contribution < 1.29 is 22.0 Å². The fraction of sp³-hybridized carbons (Fsp3) is 0.333. The molecule has 0 aliphatic carbocycles. The van der Waals surface area contributed by atoms with Gasteiger partial charge in [-0.15, -0.1) is 10.2 Å². The molecular weight excluding hydrogens is 509 g/mol. The summed E-state index contributed by atoms with van der Waals surface area (Å²) in [5.41, 5.74) is 3.11. The summed E-state index contributed by atoms with van der Waals surface area (Å²) in [5, 5.41) is 11.0. The van der Waals surface area contributed by atoms with Gasteiger partial charge in [0.1, 0.15) is 11.5 Å². The molecule has 4 aromatic rings. The highest BCUT2D eigenvalue weighted by Crippen LogP contribution is 2.29. The fourth-order valence-corrected chi connectivity index (χ4v) is 5.17. The number of halogens is 1. The smallest absolute Gasteiger partial charge is 0.268 e. The van der Waals surface area contributed by atoms with Gasteiger partial charge in [0.2, 0.25) is 0 Å². The van der Waals surface area contributed by atoms with E-state index >= 15 is 0 Å². The molecule has 0 radical (unpaired) electrons. The second-order valence-electron chi connectivity index (χ2n) is 9.48. The molecule has 0 bridgehead atoms. The lowest BCUT2D eigenvalue weighted by Gasteiger charge is -2.10. The van der Waals surface area contributed by atoms with E-state index in [2.05, 4.69) is 25.5 Å². The maximum Gasteiger partial charge on any atom is 0.268 e. The van der Waals surface area contributed by atoms with Gasteiger partial charge < -0.3 is 14.5 Å². The van der Waals surface area contributed by atoms with Crippen LogP contribution in [-0.2, 0) is 21.1 Å². The van der Waals surface area contributed by atoms with E-state index in [0.29, 0.717) is 35.8 Å². The summed E-state index contributed by atoms with van der Waals surface area (Å²) in [5.74, 6) is -0.316. The van der Waals surface area contributed by atoms with Crippen molar-refractivity contribution in [1.82, 2.24) is 25.5 Å². The summed E-state index contributed by atoms with van der Waals surface area (Å²) in [6, 6.07) is 11.7. The fourth-order valence-electron chi connectivity index (χ4n) is 4.11. The van der Waals surface area contributed by atoms with Gasteiger partial charge in [-0.05, 0) is 57.0 Å². The maximum absolute atomic E-state index is 14.9. The molecule has 3 heterocycles. The van der Waals surface area contributed by atoms with Crippen LogP contribution in [0.15, 0.2) is 58.0 Å². The Bertz CT molecular complexity index is 1550. The van der Waals surface area contributed by atoms with Gasteiger partial charge in [0, 0.05) is 24.8 Å². The number of ether oxygens (including phenoxy) is 1. The van der Waals surface area contributed by atoms with E-state index in [4.69, 9.17) is 9.15 Å². The zero-order valence-electron chi connectivity index (χ0n) is 21.3. The summed E-state index contributed by atoms with van der Waals surface area (Å²) in [7, 11) is -3.38. The highest BCUT2D eigenvalue weighted by molar-refractivity contribution is 7.92. The number of hydrogen-bond donors (Lipinski definition) is 1. The van der Waals surface area contributed by atoms with Crippen LogP contribution in [0.25, 0.3) is 34.3 Å². The number of nitrogens with zero attached hydrogens (tertiary/aromatic N) is 4. The Morgan fingerprint density at radius 1 is 1.11 bits per heavy atom. The van der Waals surface area contributed by atoms with Crippen LogP contribution in [0.2, 0.25) is 0 Å². The zero-order valence-corrected chi connectivity index (χ0v) is 22.1. The zero-order chi connectivity index (χ0) is 26.9. The van der Waals surface area contributed by atoms with Crippen molar-refractivity contribution in [3.05, 3.63) is 65.7 Å². The van der Waals surface area contributed by atoms with Gasteiger partial charge in [-0.3, -0.25) is 4.98 Å². The van der Waals surface area contributed by atoms with E-state index in [1.54, 1.807) is 57.3 Å². The molecule has 1 aliphatic heterocycles. The summed E-state index contributed by atoms with van der Waals surface area (Å²) in [6.07, 6.45) is 2.53. The number of benzene rings is 2. The third-order valence-electron chi connectivity index (χ3n) is 6.47. The third-order valence-corrected chi connectivity index (χ3v) is 8.64. The monoisotopic (exact) mass is 537 g/mol. The van der Waals surface area contributed by atoms with E-state index < -0.39 is 20.9 Å². The third kappa shape index (κ3) is 5.35. The Hall–Kier alpha value is -3.54. The van der Waals surface area contributed by atoms with Gasteiger partial charge in [0.15, 0.2) is 9.84 Å². The van der Waals surface area contributed by atoms with Crippen LogP contribution < -0.4 is 5.32 Å². The first-order valence-electron chi connectivity index (χ1n) is 12.3. The molecular formula is C27H28FN5O4S. The molecule has 1 aliphatic rings. The lowest BCUT2D eigenvalue weighted by molar-refractivity contribution is 0.190. The summed E-state index contributed by atoms with van der Waals surface area (Å²) in [4.78, 5) is 9.27. The van der Waals surface area contributed by atoms with Crippen molar-refractivity contribution in [3.63, 3.8) is 0 Å². The number of sulfone groups is 1. The number of aromatic nitrogens is 4. The van der Waals surface area contributed by atoms with Gasteiger partial charge in [0.25, 0.3) is 11.8 Å². The quantitative estimate of drug-likeness (QED) is 0.349. The van der Waals surface area contributed by atoms with Crippen molar-refractivity contribution in [2.45, 2.75) is 49.9 Å². The lowest BCUT2D eigenvalue weighted by atomic mass is 10.1. The molecule has 0 spiro atoms. The van der Waals surface area contributed by atoms with Gasteiger partial charge in [0.05, 0.1) is 39.9 Å². The minimum Gasteiger partial charge on any atom is -0.414 e. The number of aryl methyl sites for hydroxylation is 1. The largest absolute Gasteiger partial charge is 0.414 e. The molecule has 0 amide bonds. The minimum atomic E-state index is -3.38. The van der Waals surface area contributed by atoms with Crippen LogP contribution in [0, 0.1) is 12.7 Å². The van der Waals surface area contributed by atoms with E-state index in [0.717, 1.165) is 18.6 Å². The van der Waals surface area contributed by atoms with Gasteiger partial charge in [-0.2, -0.15) is 0 Å². The average Bonchev–Trinajstić information content (AvgIpc) is 3.60. The Labute approximate surface area is 220 Å². The molecule has 11 heteroatoms. The highest BCUT2D eigenvalue weighted by Gasteiger charge is 2.21. The molecule has 2 aromatic heterocycles. The normalized spacial score (nSPS) is 15.9. The Morgan fingerprint density at radius 3 is 2.55 bits per heavy atom. The molecule has 198 valence electrons. The SMILES string of the molecule is Cc1ncc(-c2ccc(S(=O)(=O)C(C)C)cc2)nc1-c1nnc(-c2ccc(CNC3CCOC3)cc2F)o1. The van der Waals surface area contributed by atoms with Crippen molar-refractivity contribution in [2.75, 3.05) is 13.2 Å². The van der Waals surface area contributed by atoms with Crippen LogP contribution >= 0.6 is 0 Å². The molecule has 1 unspecified atom stereocenters. The maximum atomic E-state index is 14.9. The predicted octanol–water partition coefficient (Wildman–Crippen LogP) is 4.37. The molecule has 1 saturated heterocycles. The van der Waals surface area contributed by atoms with Crippen LogP contribution in [0.3, 0.4) is 0 Å². The van der Waals surface area contributed by atoms with E-state index in [1.807, 2.05) is 6.07 Å². The molecule has 1 N–H and O–H groups in total. The molecule has 0 saturated carbocycles. The molecule has 2 aromatic carbocycles. The number of nitrogens with one attached hydrogen (secondary N) is 1. The number of rotatable bonds is 8. The van der Waals surface area contributed by atoms with Gasteiger partial charge in [-0.1, -0.05) is 18.2 Å². The first-order valence-corrected chi connectivity index (χ1v) is 13.9. The topological polar surface area (TPSA) is 120 Å². The Kier molecular flexibility index (Phi) is 7.33. The average molecular weight is 538 g/mol. The van der Waals surface area contributed by atoms with Crippen LogP contribution in [-0.4, -0.2) is 53.1 Å². The minimum absolute atomic E-state index is 0.0380. The van der Waals surface area contributed by atoms with Gasteiger partial charge >= 0.3 is 0 Å². The van der Waals surface area contributed by atoms with Crippen molar-refractivity contribution in [1.29, 1.82) is 0 Å². The van der Waals surface area contributed by atoms with Crippen molar-refractivity contribution in [2.24, 2.45) is 0 Å². The molecule has 1 fully saturated rings. The lowest BCUT2D eigenvalue weighted by Crippen LogP contribution is -2.28.